The van der Waals surface area contributed by atoms with Crippen LogP contribution in [-0.2, 0) is 6.54 Å². The maximum Gasteiger partial charge on any atom is 0.347 e. The molecule has 7 nitrogen and oxygen atoms in total. The summed E-state index contributed by atoms with van der Waals surface area (Å²) in [6.07, 6.45) is -1.13. The van der Waals surface area contributed by atoms with E-state index < -0.39 is 29.6 Å². The molecule has 3 aromatic rings. The summed E-state index contributed by atoms with van der Waals surface area (Å²) < 4.78 is 13.4. The fraction of sp³-hybridized carbons (Fsp3) is 0.200. The van der Waals surface area contributed by atoms with Gasteiger partial charge in [0.2, 0.25) is 0 Å². The summed E-state index contributed by atoms with van der Waals surface area (Å²) in [5.74, 6) is -0.390. The normalized spacial score (nSPS) is 17.0. The van der Waals surface area contributed by atoms with Crippen molar-refractivity contribution >= 4 is 46.6 Å². The first kappa shape index (κ1) is 24.8. The van der Waals surface area contributed by atoms with Gasteiger partial charge in [-0.2, -0.15) is 5.06 Å². The van der Waals surface area contributed by atoms with Gasteiger partial charge in [0.15, 0.2) is 6.17 Å². The number of halogens is 3. The van der Waals surface area contributed by atoms with Gasteiger partial charge in [0.25, 0.3) is 0 Å². The number of carbonyl (C=O) groups excluding carboxylic acids is 2. The molecule has 4 amide bonds. The topological polar surface area (TPSA) is 76.1 Å². The number of hydroxylamine groups is 2. The lowest BCUT2D eigenvalue weighted by Gasteiger charge is -2.38. The van der Waals surface area contributed by atoms with Crippen LogP contribution in [-0.4, -0.2) is 38.9 Å². The molecule has 182 valence electrons. The van der Waals surface area contributed by atoms with Crippen LogP contribution in [0.4, 0.5) is 25.4 Å². The minimum absolute atomic E-state index is 0.128. The molecule has 35 heavy (non-hydrogen) atoms. The monoisotopic (exact) mass is 516 g/mol. The second-order valence-corrected chi connectivity index (χ2v) is 9.53. The van der Waals surface area contributed by atoms with Gasteiger partial charge in [0.05, 0.1) is 5.54 Å². The Kier molecular flexibility index (Phi) is 6.89. The highest BCUT2D eigenvalue weighted by molar-refractivity contribution is 6.31. The number of carbonyl (C=O) groups is 2. The van der Waals surface area contributed by atoms with E-state index in [0.29, 0.717) is 32.0 Å². The van der Waals surface area contributed by atoms with Gasteiger partial charge in [-0.15, -0.1) is 0 Å². The molecule has 0 spiro atoms. The molecule has 1 saturated heterocycles. The predicted molar refractivity (Wildman–Crippen MR) is 133 cm³/mol. The van der Waals surface area contributed by atoms with Crippen LogP contribution in [0.2, 0.25) is 10.0 Å². The van der Waals surface area contributed by atoms with E-state index in [4.69, 9.17) is 23.2 Å². The molecule has 4 rings (SSSR count). The van der Waals surface area contributed by atoms with Gasteiger partial charge < -0.3 is 10.2 Å². The molecule has 1 heterocycles. The number of hydrogen-bond donors (Lipinski definition) is 2. The van der Waals surface area contributed by atoms with E-state index in [9.17, 15) is 19.2 Å². The van der Waals surface area contributed by atoms with Crippen LogP contribution in [0.5, 0.6) is 0 Å². The van der Waals surface area contributed by atoms with Crippen molar-refractivity contribution < 1.29 is 19.2 Å². The Labute approximate surface area is 212 Å². The molecule has 1 aliphatic rings. The highest BCUT2D eigenvalue weighted by Crippen LogP contribution is 2.39. The number of benzene rings is 3. The molecule has 10 heteroatoms. The second kappa shape index (κ2) is 9.73. The summed E-state index contributed by atoms with van der Waals surface area (Å²) in [4.78, 5) is 29.6. The van der Waals surface area contributed by atoms with E-state index in [1.165, 1.54) is 28.0 Å². The van der Waals surface area contributed by atoms with Crippen LogP contribution < -0.4 is 10.2 Å². The van der Waals surface area contributed by atoms with E-state index in [1.54, 1.807) is 68.4 Å². The van der Waals surface area contributed by atoms with Crippen molar-refractivity contribution in [3.8, 4) is 0 Å². The smallest absolute Gasteiger partial charge is 0.311 e. The van der Waals surface area contributed by atoms with Crippen molar-refractivity contribution in [2.45, 2.75) is 32.1 Å². The third-order valence-corrected chi connectivity index (χ3v) is 6.34. The quantitative estimate of drug-likeness (QED) is 0.296. The average molecular weight is 517 g/mol. The van der Waals surface area contributed by atoms with Gasteiger partial charge in [0, 0.05) is 28.0 Å². The third kappa shape index (κ3) is 5.05. The first-order valence-electron chi connectivity index (χ1n) is 10.7. The minimum atomic E-state index is -1.13. The van der Waals surface area contributed by atoms with Gasteiger partial charge >= 0.3 is 12.1 Å². The maximum atomic E-state index is 13.7. The first-order valence-corrected chi connectivity index (χ1v) is 11.5. The molecule has 1 fully saturated rings. The van der Waals surface area contributed by atoms with E-state index in [1.807, 2.05) is 0 Å². The summed E-state index contributed by atoms with van der Waals surface area (Å²) in [6, 6.07) is 17.5. The lowest BCUT2D eigenvalue weighted by Crippen LogP contribution is -2.58. The van der Waals surface area contributed by atoms with Crippen molar-refractivity contribution in [1.82, 2.24) is 9.96 Å². The highest BCUT2D eigenvalue weighted by Gasteiger charge is 2.56. The molecule has 1 aliphatic heterocycles. The zero-order valence-corrected chi connectivity index (χ0v) is 20.5. The van der Waals surface area contributed by atoms with E-state index in [2.05, 4.69) is 5.32 Å². The molecule has 3 aromatic carbocycles. The standard InChI is InChI=1S/C25H23Cl2FN4O3/c1-25(2)22(32(35)23(33)29-20-7-3-5-17(26)13-20)31(21-8-4-6-18(27)14-21)24(34)30(25)15-16-9-11-19(28)12-10-16/h3-14,22,35H,15H2,1-2H3,(H,29,33). The first-order chi connectivity index (χ1) is 16.6. The Balaban J connectivity index is 1.71. The fourth-order valence-corrected chi connectivity index (χ4v) is 4.50. The van der Waals surface area contributed by atoms with E-state index in [0.717, 1.165) is 0 Å². The molecule has 1 atom stereocenters. The van der Waals surface area contributed by atoms with Crippen LogP contribution in [0, 0.1) is 5.82 Å². The number of amides is 4. The Morgan fingerprint density at radius 2 is 1.69 bits per heavy atom. The molecule has 0 saturated carbocycles. The van der Waals surface area contributed by atoms with Crippen molar-refractivity contribution in [2.24, 2.45) is 0 Å². The van der Waals surface area contributed by atoms with Gasteiger partial charge in [-0.1, -0.05) is 47.5 Å². The number of anilines is 2. The molecule has 2 N–H and O–H groups in total. The van der Waals surface area contributed by atoms with Gasteiger partial charge in [-0.05, 0) is 67.9 Å². The van der Waals surface area contributed by atoms with Crippen molar-refractivity contribution in [3.63, 3.8) is 0 Å². The van der Waals surface area contributed by atoms with Gasteiger partial charge in [0.1, 0.15) is 5.82 Å². The van der Waals surface area contributed by atoms with Gasteiger partial charge in [-0.25, -0.2) is 14.0 Å². The van der Waals surface area contributed by atoms with Crippen LogP contribution >= 0.6 is 23.2 Å². The molecule has 0 radical (unpaired) electrons. The van der Waals surface area contributed by atoms with Crippen LogP contribution in [0.15, 0.2) is 72.8 Å². The molecule has 0 bridgehead atoms. The molecule has 0 aliphatic carbocycles. The number of nitrogens with one attached hydrogen (secondary N) is 1. The summed E-state index contributed by atoms with van der Waals surface area (Å²) >= 11 is 12.2. The van der Waals surface area contributed by atoms with E-state index in [-0.39, 0.29) is 6.54 Å². The minimum Gasteiger partial charge on any atom is -0.311 e. The number of nitrogens with zero attached hydrogens (tertiary/aromatic N) is 3. The van der Waals surface area contributed by atoms with Crippen molar-refractivity contribution in [2.75, 3.05) is 10.2 Å². The molecular formula is C25H23Cl2FN4O3. The third-order valence-electron chi connectivity index (χ3n) is 5.87. The maximum absolute atomic E-state index is 13.7. The number of urea groups is 2. The molecular weight excluding hydrogens is 494 g/mol. The van der Waals surface area contributed by atoms with Crippen LogP contribution in [0.1, 0.15) is 19.4 Å². The summed E-state index contributed by atoms with van der Waals surface area (Å²) in [5.41, 5.74) is 0.388. The predicted octanol–water partition coefficient (Wildman–Crippen LogP) is 6.60. The van der Waals surface area contributed by atoms with E-state index >= 15 is 0 Å². The van der Waals surface area contributed by atoms with Crippen molar-refractivity contribution in [3.05, 3.63) is 94.2 Å². The van der Waals surface area contributed by atoms with Crippen molar-refractivity contribution in [1.29, 1.82) is 0 Å². The second-order valence-electron chi connectivity index (χ2n) is 8.66. The zero-order valence-electron chi connectivity index (χ0n) is 19.0. The average Bonchev–Trinajstić information content (AvgIpc) is 3.00. The Morgan fingerprint density at radius 1 is 1.06 bits per heavy atom. The summed E-state index contributed by atoms with van der Waals surface area (Å²) in [5, 5.41) is 15.0. The summed E-state index contributed by atoms with van der Waals surface area (Å²) in [6.45, 7) is 3.60. The molecule has 0 aromatic heterocycles. The molecule has 1 unspecified atom stereocenters. The SMILES string of the molecule is CC1(C)C(N(O)C(=O)Nc2cccc(Cl)c2)N(c2cccc(Cl)c2)C(=O)N1Cc1ccc(F)cc1. The Bertz CT molecular complexity index is 1260. The fourth-order valence-electron chi connectivity index (χ4n) is 4.12. The Hall–Kier alpha value is -3.33. The van der Waals surface area contributed by atoms with Crippen LogP contribution in [0.3, 0.4) is 0 Å². The highest BCUT2D eigenvalue weighted by atomic mass is 35.5. The lowest BCUT2D eigenvalue weighted by atomic mass is 9.99. The summed E-state index contributed by atoms with van der Waals surface area (Å²) in [7, 11) is 0. The lowest BCUT2D eigenvalue weighted by molar-refractivity contribution is -0.0954. The van der Waals surface area contributed by atoms with Gasteiger partial charge in [-0.3, -0.25) is 10.1 Å². The Morgan fingerprint density at radius 3 is 2.31 bits per heavy atom. The largest absolute Gasteiger partial charge is 0.347 e. The number of rotatable bonds is 5. The number of hydrogen-bond acceptors (Lipinski definition) is 3. The van der Waals surface area contributed by atoms with Crippen LogP contribution in [0.25, 0.3) is 0 Å². The zero-order chi connectivity index (χ0) is 25.3.